The molecule has 0 aliphatic carbocycles. The maximum absolute atomic E-state index is 12.5. The van der Waals surface area contributed by atoms with Gasteiger partial charge in [-0.2, -0.15) is 13.5 Å². The summed E-state index contributed by atoms with van der Waals surface area (Å²) >= 11 is 0. The van der Waals surface area contributed by atoms with E-state index in [4.69, 9.17) is 0 Å². The van der Waals surface area contributed by atoms with E-state index >= 15 is 0 Å². The van der Waals surface area contributed by atoms with Gasteiger partial charge < -0.3 is 4.57 Å². The number of nitrogens with one attached hydrogen (secondary N) is 1. The summed E-state index contributed by atoms with van der Waals surface area (Å²) in [4.78, 5) is 2.51. The van der Waals surface area contributed by atoms with Gasteiger partial charge in [0, 0.05) is 29.2 Å². The number of fused-ring (bicyclic) bond motifs is 1. The molecule has 152 valence electrons. The molecule has 0 radical (unpaired) electrons. The van der Waals surface area contributed by atoms with E-state index in [2.05, 4.69) is 32.7 Å². The minimum absolute atomic E-state index is 0.198. The van der Waals surface area contributed by atoms with Crippen molar-refractivity contribution in [2.45, 2.75) is 24.8 Å². The van der Waals surface area contributed by atoms with Crippen LogP contribution in [0.15, 0.2) is 95.1 Å². The Morgan fingerprint density at radius 1 is 0.900 bits per heavy atom. The lowest BCUT2D eigenvalue weighted by atomic mass is 10.2. The van der Waals surface area contributed by atoms with Gasteiger partial charge in [0.05, 0.1) is 11.1 Å². The molecule has 0 atom stereocenters. The van der Waals surface area contributed by atoms with Crippen molar-refractivity contribution >= 4 is 27.1 Å². The van der Waals surface area contributed by atoms with Gasteiger partial charge >= 0.3 is 0 Å². The number of aryl methyl sites for hydroxylation is 1. The number of benzene rings is 3. The first kappa shape index (κ1) is 19.9. The molecule has 1 aromatic heterocycles. The summed E-state index contributed by atoms with van der Waals surface area (Å²) in [6, 6.07) is 25.1. The third-order valence-electron chi connectivity index (χ3n) is 5.03. The minimum atomic E-state index is -3.71. The zero-order chi connectivity index (χ0) is 21.0. The van der Waals surface area contributed by atoms with Crippen molar-refractivity contribution in [2.24, 2.45) is 5.10 Å². The second kappa shape index (κ2) is 8.55. The number of sulfonamides is 1. The fourth-order valence-corrected chi connectivity index (χ4v) is 4.20. The largest absolute Gasteiger partial charge is 0.342 e. The number of rotatable bonds is 7. The van der Waals surface area contributed by atoms with Crippen LogP contribution in [0.1, 0.15) is 23.6 Å². The maximum atomic E-state index is 12.5. The van der Waals surface area contributed by atoms with E-state index in [0.717, 1.165) is 35.0 Å². The van der Waals surface area contributed by atoms with Crippen molar-refractivity contribution in [3.8, 4) is 0 Å². The van der Waals surface area contributed by atoms with Crippen molar-refractivity contribution in [1.82, 2.24) is 9.40 Å². The SMILES string of the molecule is CCc1ccc(S(=O)(=O)NN=Cc2cn(Cc3ccccc3)c3ccccc23)cc1. The molecule has 0 saturated carbocycles. The maximum Gasteiger partial charge on any atom is 0.276 e. The molecule has 0 unspecified atom stereocenters. The molecule has 1 N–H and O–H groups in total. The topological polar surface area (TPSA) is 63.5 Å². The quantitative estimate of drug-likeness (QED) is 0.354. The normalized spacial score (nSPS) is 11.9. The lowest BCUT2D eigenvalue weighted by molar-refractivity contribution is 0.584. The van der Waals surface area contributed by atoms with Gasteiger partial charge in [-0.1, -0.05) is 67.6 Å². The molecule has 30 heavy (non-hydrogen) atoms. The molecule has 0 aliphatic heterocycles. The summed E-state index contributed by atoms with van der Waals surface area (Å²) in [5, 5.41) is 5.04. The van der Waals surface area contributed by atoms with Crippen molar-refractivity contribution in [2.75, 3.05) is 0 Å². The summed E-state index contributed by atoms with van der Waals surface area (Å²) in [6.45, 7) is 2.75. The number of hydrogen-bond donors (Lipinski definition) is 1. The fraction of sp³-hybridized carbons (Fsp3) is 0.125. The molecule has 0 amide bonds. The highest BCUT2D eigenvalue weighted by atomic mass is 32.2. The van der Waals surface area contributed by atoms with Crippen LogP contribution in [0.25, 0.3) is 10.9 Å². The monoisotopic (exact) mass is 417 g/mol. The Bertz CT molecular complexity index is 1280. The highest BCUT2D eigenvalue weighted by Gasteiger charge is 2.12. The zero-order valence-corrected chi connectivity index (χ0v) is 17.5. The Morgan fingerprint density at radius 3 is 2.33 bits per heavy atom. The number of aromatic nitrogens is 1. The van der Waals surface area contributed by atoms with Crippen LogP contribution in [0.4, 0.5) is 0 Å². The van der Waals surface area contributed by atoms with E-state index in [-0.39, 0.29) is 4.90 Å². The Balaban J connectivity index is 1.58. The van der Waals surface area contributed by atoms with Gasteiger partial charge in [0.25, 0.3) is 10.0 Å². The fourth-order valence-electron chi connectivity index (χ4n) is 3.41. The molecule has 3 aromatic carbocycles. The molecule has 4 aromatic rings. The molecule has 0 spiro atoms. The van der Waals surface area contributed by atoms with Crippen molar-refractivity contribution in [1.29, 1.82) is 0 Å². The van der Waals surface area contributed by atoms with Gasteiger partial charge in [-0.25, -0.2) is 4.83 Å². The lowest BCUT2D eigenvalue weighted by Crippen LogP contribution is -2.18. The number of para-hydroxylation sites is 1. The third kappa shape index (κ3) is 4.28. The summed E-state index contributed by atoms with van der Waals surface area (Å²) in [7, 11) is -3.71. The van der Waals surface area contributed by atoms with Crippen molar-refractivity contribution < 1.29 is 8.42 Å². The molecule has 4 rings (SSSR count). The molecular formula is C24H23N3O2S. The van der Waals surface area contributed by atoms with Crippen molar-refractivity contribution in [3.63, 3.8) is 0 Å². The summed E-state index contributed by atoms with van der Waals surface area (Å²) in [6.07, 6.45) is 4.41. The van der Waals surface area contributed by atoms with Crippen LogP contribution in [0.5, 0.6) is 0 Å². The number of nitrogens with zero attached hydrogens (tertiary/aromatic N) is 2. The first-order chi connectivity index (χ1) is 14.6. The molecule has 0 bridgehead atoms. The predicted octanol–water partition coefficient (Wildman–Crippen LogP) is 4.56. The molecule has 5 nitrogen and oxygen atoms in total. The van der Waals surface area contributed by atoms with Crippen LogP contribution in [-0.2, 0) is 23.0 Å². The first-order valence-corrected chi connectivity index (χ1v) is 11.3. The van der Waals surface area contributed by atoms with Gasteiger partial charge in [0.2, 0.25) is 0 Å². The molecule has 1 heterocycles. The predicted molar refractivity (Wildman–Crippen MR) is 121 cm³/mol. The van der Waals surface area contributed by atoms with Gasteiger partial charge in [-0.05, 0) is 35.7 Å². The minimum Gasteiger partial charge on any atom is -0.342 e. The van der Waals surface area contributed by atoms with Crippen LogP contribution >= 0.6 is 0 Å². The van der Waals surface area contributed by atoms with Crippen LogP contribution in [-0.4, -0.2) is 19.2 Å². The highest BCUT2D eigenvalue weighted by Crippen LogP contribution is 2.21. The molecule has 0 saturated heterocycles. The van der Waals surface area contributed by atoms with Gasteiger partial charge in [0.1, 0.15) is 0 Å². The van der Waals surface area contributed by atoms with Crippen LogP contribution in [0, 0.1) is 0 Å². The molecule has 0 aliphatic rings. The van der Waals surface area contributed by atoms with E-state index in [1.165, 1.54) is 5.56 Å². The second-order valence-electron chi connectivity index (χ2n) is 7.07. The number of hydrazone groups is 1. The average molecular weight is 418 g/mol. The highest BCUT2D eigenvalue weighted by molar-refractivity contribution is 7.89. The summed E-state index contributed by atoms with van der Waals surface area (Å²) in [5.74, 6) is 0. The van der Waals surface area contributed by atoms with Crippen LogP contribution in [0.3, 0.4) is 0 Å². The van der Waals surface area contributed by atoms with Gasteiger partial charge in [-0.15, -0.1) is 0 Å². The van der Waals surface area contributed by atoms with E-state index < -0.39 is 10.0 Å². The summed E-state index contributed by atoms with van der Waals surface area (Å²) in [5.41, 5.74) is 4.20. The van der Waals surface area contributed by atoms with Crippen LogP contribution < -0.4 is 4.83 Å². The van der Waals surface area contributed by atoms with Crippen molar-refractivity contribution in [3.05, 3.63) is 102 Å². The average Bonchev–Trinajstić information content (AvgIpc) is 3.12. The van der Waals surface area contributed by atoms with Gasteiger partial charge in [0.15, 0.2) is 0 Å². The van der Waals surface area contributed by atoms with E-state index in [9.17, 15) is 8.42 Å². The molecular weight excluding hydrogens is 394 g/mol. The third-order valence-corrected chi connectivity index (χ3v) is 6.27. The van der Waals surface area contributed by atoms with Gasteiger partial charge in [-0.3, -0.25) is 0 Å². The zero-order valence-electron chi connectivity index (χ0n) is 16.7. The first-order valence-electron chi connectivity index (χ1n) is 9.82. The Morgan fingerprint density at radius 2 is 1.60 bits per heavy atom. The smallest absolute Gasteiger partial charge is 0.276 e. The Hall–Kier alpha value is -3.38. The Kier molecular flexibility index (Phi) is 5.68. The molecule has 0 fully saturated rings. The number of hydrogen-bond acceptors (Lipinski definition) is 3. The van der Waals surface area contributed by atoms with E-state index in [1.54, 1.807) is 18.3 Å². The standard InChI is InChI=1S/C24H23N3O2S/c1-2-19-12-14-22(15-13-19)30(28,29)26-25-16-21-18-27(17-20-8-4-3-5-9-20)24-11-7-6-10-23(21)24/h3-16,18,26H,2,17H2,1H3. The lowest BCUT2D eigenvalue weighted by Gasteiger charge is -2.05. The van der Waals surface area contributed by atoms with E-state index in [0.29, 0.717) is 0 Å². The Labute approximate surface area is 176 Å². The molecule has 6 heteroatoms. The second-order valence-corrected chi connectivity index (χ2v) is 8.73. The van der Waals surface area contributed by atoms with E-state index in [1.807, 2.05) is 61.7 Å². The summed E-state index contributed by atoms with van der Waals surface area (Å²) < 4.78 is 27.1. The van der Waals surface area contributed by atoms with Crippen LogP contribution in [0.2, 0.25) is 0 Å².